The number of nitrogens with zero attached hydrogens (tertiary/aromatic N) is 2. The van der Waals surface area contributed by atoms with Gasteiger partial charge in [-0.3, -0.25) is 4.79 Å². The molecule has 3 atom stereocenters. The Kier molecular flexibility index (Phi) is 6.09. The first-order valence-electron chi connectivity index (χ1n) is 10.3. The number of aliphatic hydroxyl groups excluding tert-OH is 1. The SMILES string of the molecule is COC(=O)[C@@H]1C[C@@H](O)CC2C[N+](=O)c3cc(OCc4ccccc4)c(OC)cc3C(=O)N21. The first-order chi connectivity index (χ1) is 15.4. The highest BCUT2D eigenvalue weighted by molar-refractivity contribution is 6.01. The molecule has 2 heterocycles. The number of hydrogen-bond donors (Lipinski definition) is 1. The van der Waals surface area contributed by atoms with Gasteiger partial charge in [0, 0.05) is 28.6 Å². The van der Waals surface area contributed by atoms with Crippen molar-refractivity contribution in [1.29, 1.82) is 0 Å². The van der Waals surface area contributed by atoms with Crippen LogP contribution in [0.2, 0.25) is 0 Å². The Morgan fingerprint density at radius 3 is 2.59 bits per heavy atom. The molecule has 1 saturated heterocycles. The van der Waals surface area contributed by atoms with Crippen molar-refractivity contribution >= 4 is 17.6 Å². The van der Waals surface area contributed by atoms with Gasteiger partial charge in [-0.1, -0.05) is 30.3 Å². The van der Waals surface area contributed by atoms with Gasteiger partial charge in [0.25, 0.3) is 11.6 Å². The summed E-state index contributed by atoms with van der Waals surface area (Å²) in [5.74, 6) is -0.490. The molecule has 0 saturated carbocycles. The Hall–Kier alpha value is -3.46. The topological polar surface area (TPSA) is 105 Å². The van der Waals surface area contributed by atoms with Crippen molar-refractivity contribution in [3.05, 3.63) is 58.5 Å². The van der Waals surface area contributed by atoms with E-state index >= 15 is 0 Å². The highest BCUT2D eigenvalue weighted by Gasteiger charge is 2.49. The van der Waals surface area contributed by atoms with Crippen molar-refractivity contribution < 1.29 is 33.7 Å². The highest BCUT2D eigenvalue weighted by Crippen LogP contribution is 2.39. The maximum Gasteiger partial charge on any atom is 0.328 e. The second-order valence-corrected chi connectivity index (χ2v) is 7.89. The van der Waals surface area contributed by atoms with Gasteiger partial charge in [0.15, 0.2) is 11.5 Å². The van der Waals surface area contributed by atoms with Gasteiger partial charge in [0.2, 0.25) is 6.54 Å². The van der Waals surface area contributed by atoms with Crippen molar-refractivity contribution in [2.75, 3.05) is 20.8 Å². The number of aliphatic hydroxyl groups is 1. The van der Waals surface area contributed by atoms with E-state index in [0.29, 0.717) is 16.3 Å². The van der Waals surface area contributed by atoms with Gasteiger partial charge in [-0.25, -0.2) is 4.79 Å². The molecule has 0 aromatic heterocycles. The second-order valence-electron chi connectivity index (χ2n) is 7.89. The van der Waals surface area contributed by atoms with E-state index in [2.05, 4.69) is 0 Å². The van der Waals surface area contributed by atoms with Crippen LogP contribution in [-0.4, -0.2) is 65.6 Å². The molecular formula is C23H25N2O7+. The number of rotatable bonds is 5. The van der Waals surface area contributed by atoms with E-state index < -0.39 is 30.1 Å². The van der Waals surface area contributed by atoms with Crippen LogP contribution in [0.3, 0.4) is 0 Å². The number of ether oxygens (including phenoxy) is 3. The van der Waals surface area contributed by atoms with E-state index in [4.69, 9.17) is 14.2 Å². The number of esters is 1. The van der Waals surface area contributed by atoms with Crippen LogP contribution < -0.4 is 9.47 Å². The molecule has 32 heavy (non-hydrogen) atoms. The molecule has 0 radical (unpaired) electrons. The zero-order valence-corrected chi connectivity index (χ0v) is 17.9. The predicted molar refractivity (Wildman–Crippen MR) is 113 cm³/mol. The van der Waals surface area contributed by atoms with Gasteiger partial charge in [-0.2, -0.15) is 0 Å². The average molecular weight is 441 g/mol. The van der Waals surface area contributed by atoms with Crippen molar-refractivity contribution in [3.8, 4) is 11.5 Å². The van der Waals surface area contributed by atoms with Crippen LogP contribution in [0.25, 0.3) is 0 Å². The number of fused-ring (bicyclic) bond motifs is 2. The fraction of sp³-hybridized carbons (Fsp3) is 0.391. The minimum atomic E-state index is -0.972. The molecule has 2 aromatic rings. The summed E-state index contributed by atoms with van der Waals surface area (Å²) in [5.41, 5.74) is 1.18. The summed E-state index contributed by atoms with van der Waals surface area (Å²) in [6.07, 6.45) is -0.569. The standard InChI is InChI=1S/C23H25N2O7/c1-30-20-10-17-18(11-21(20)32-13-14-6-4-3-5-7-14)24(29)12-15-8-16(26)9-19(23(28)31-2)25(15)22(17)27/h3-7,10-11,15-16,19,26H,8-9,12-13H2,1-2H3/q+1/t15?,16-,19-/m0/s1. The van der Waals surface area contributed by atoms with Gasteiger partial charge >= 0.3 is 5.97 Å². The van der Waals surface area contributed by atoms with E-state index in [9.17, 15) is 19.6 Å². The third-order valence-corrected chi connectivity index (χ3v) is 5.87. The van der Waals surface area contributed by atoms with Crippen molar-refractivity contribution in [2.45, 2.75) is 37.6 Å². The van der Waals surface area contributed by atoms with Gasteiger partial charge < -0.3 is 24.2 Å². The molecule has 0 spiro atoms. The zero-order valence-electron chi connectivity index (χ0n) is 17.9. The monoisotopic (exact) mass is 441 g/mol. The minimum absolute atomic E-state index is 0.0541. The lowest BCUT2D eigenvalue weighted by Gasteiger charge is -2.39. The summed E-state index contributed by atoms with van der Waals surface area (Å²) in [4.78, 5) is 40.2. The average Bonchev–Trinajstić information content (AvgIpc) is 2.90. The molecule has 9 heteroatoms. The van der Waals surface area contributed by atoms with Crippen LogP contribution in [0.15, 0.2) is 42.5 Å². The van der Waals surface area contributed by atoms with E-state index in [-0.39, 0.29) is 37.2 Å². The lowest BCUT2D eigenvalue weighted by Crippen LogP contribution is -2.57. The van der Waals surface area contributed by atoms with Crippen LogP contribution in [0, 0.1) is 4.91 Å². The number of benzene rings is 2. The Labute approximate surface area is 185 Å². The molecule has 9 nitrogen and oxygen atoms in total. The summed E-state index contributed by atoms with van der Waals surface area (Å²) < 4.78 is 16.9. The smallest absolute Gasteiger partial charge is 0.328 e. The number of carbonyl (C=O) groups is 2. The Morgan fingerprint density at radius 2 is 1.91 bits per heavy atom. The fourth-order valence-electron chi connectivity index (χ4n) is 4.33. The second kappa shape index (κ2) is 8.96. The van der Waals surface area contributed by atoms with E-state index in [1.807, 2.05) is 30.3 Å². The number of piperidine rings is 1. The van der Waals surface area contributed by atoms with Crippen LogP contribution in [0.5, 0.6) is 11.5 Å². The normalized spacial score (nSPS) is 22.5. The molecule has 1 N–H and O–H groups in total. The number of nitroso groups, excluding NO2 is 1. The lowest BCUT2D eigenvalue weighted by atomic mass is 9.92. The third kappa shape index (κ3) is 4.03. The first-order valence-corrected chi connectivity index (χ1v) is 10.3. The molecule has 0 aliphatic carbocycles. The van der Waals surface area contributed by atoms with E-state index in [1.165, 1.54) is 31.3 Å². The summed E-state index contributed by atoms with van der Waals surface area (Å²) in [6, 6.07) is 10.9. The van der Waals surface area contributed by atoms with Crippen molar-refractivity contribution in [3.63, 3.8) is 0 Å². The van der Waals surface area contributed by atoms with Gasteiger partial charge in [-0.05, 0) is 5.56 Å². The quantitative estimate of drug-likeness (QED) is 0.560. The molecule has 1 amide bonds. The van der Waals surface area contributed by atoms with Crippen LogP contribution in [0.1, 0.15) is 28.8 Å². The molecule has 2 aliphatic rings. The molecule has 4 rings (SSSR count). The maximum absolute atomic E-state index is 13.5. The number of amides is 1. The summed E-state index contributed by atoms with van der Waals surface area (Å²) in [7, 11) is 2.68. The zero-order chi connectivity index (χ0) is 22.8. The number of methoxy groups -OCH3 is 2. The van der Waals surface area contributed by atoms with Crippen molar-refractivity contribution in [1.82, 2.24) is 4.90 Å². The lowest BCUT2D eigenvalue weighted by molar-refractivity contribution is -0.469. The van der Waals surface area contributed by atoms with Gasteiger partial charge in [0.05, 0.1) is 32.4 Å². The summed E-state index contributed by atoms with van der Waals surface area (Å²) >= 11 is 0. The molecule has 0 bridgehead atoms. The minimum Gasteiger partial charge on any atom is -0.493 e. The molecule has 1 unspecified atom stereocenters. The molecule has 1 fully saturated rings. The largest absolute Gasteiger partial charge is 0.493 e. The first kappa shape index (κ1) is 21.8. The predicted octanol–water partition coefficient (Wildman–Crippen LogP) is 2.21. The molecule has 168 valence electrons. The molecule has 2 aromatic carbocycles. The third-order valence-electron chi connectivity index (χ3n) is 5.87. The number of hydrogen-bond acceptors (Lipinski definition) is 7. The van der Waals surface area contributed by atoms with Crippen LogP contribution >= 0.6 is 0 Å². The van der Waals surface area contributed by atoms with Gasteiger partial charge in [0.1, 0.15) is 18.2 Å². The van der Waals surface area contributed by atoms with E-state index in [0.717, 1.165) is 5.56 Å². The van der Waals surface area contributed by atoms with Crippen LogP contribution in [0.4, 0.5) is 5.69 Å². The van der Waals surface area contributed by atoms with Crippen LogP contribution in [-0.2, 0) is 16.1 Å². The summed E-state index contributed by atoms with van der Waals surface area (Å²) in [6.45, 7) is 0.169. The number of carbonyl (C=O) groups excluding carboxylic acids is 2. The fourth-order valence-corrected chi connectivity index (χ4v) is 4.33. The highest BCUT2D eigenvalue weighted by atomic mass is 16.5. The van der Waals surface area contributed by atoms with Gasteiger partial charge in [-0.15, -0.1) is 0 Å². The Balaban J connectivity index is 1.71. The molecular weight excluding hydrogens is 416 g/mol. The maximum atomic E-state index is 13.5. The van der Waals surface area contributed by atoms with Crippen molar-refractivity contribution in [2.24, 2.45) is 0 Å². The Bertz CT molecular complexity index is 1040. The van der Waals surface area contributed by atoms with E-state index in [1.54, 1.807) is 0 Å². The summed E-state index contributed by atoms with van der Waals surface area (Å²) in [5, 5.41) is 10.2. The Morgan fingerprint density at radius 1 is 1.16 bits per heavy atom. The molecule has 2 aliphatic heterocycles.